The number of ether oxygens (including phenoxy) is 1. The number of benzene rings is 1. The van der Waals surface area contributed by atoms with Gasteiger partial charge in [-0.15, -0.1) is 5.10 Å². The Morgan fingerprint density at radius 3 is 3.04 bits per heavy atom. The Hall–Kier alpha value is -2.96. The molecule has 2 atom stereocenters. The van der Waals surface area contributed by atoms with Gasteiger partial charge in [0.25, 0.3) is 5.95 Å². The molecule has 0 amide bonds. The molecule has 0 aliphatic carbocycles. The molecule has 0 radical (unpaired) electrons. The third kappa shape index (κ3) is 3.56. The monoisotopic (exact) mass is 405 g/mol. The second-order valence-electron chi connectivity index (χ2n) is 6.04. The Bertz CT molecular complexity index is 994. The molecule has 3 aromatic rings. The van der Waals surface area contributed by atoms with Crippen LogP contribution >= 0.6 is 11.3 Å². The molecule has 1 fully saturated rings. The largest absolute Gasteiger partial charge is 0.394 e. The van der Waals surface area contributed by atoms with Gasteiger partial charge in [0.05, 0.1) is 18.5 Å². The van der Waals surface area contributed by atoms with E-state index in [2.05, 4.69) is 25.7 Å². The van der Waals surface area contributed by atoms with Gasteiger partial charge in [-0.3, -0.25) is 10.1 Å². The van der Waals surface area contributed by atoms with E-state index in [0.29, 0.717) is 40.0 Å². The maximum atomic E-state index is 14.8. The lowest BCUT2D eigenvalue weighted by molar-refractivity contribution is -0.117. The number of aliphatic hydroxyl groups is 1. The van der Waals surface area contributed by atoms with Gasteiger partial charge in [-0.25, -0.2) is 9.37 Å². The molecule has 1 aliphatic heterocycles. The Balaban J connectivity index is 1.54. The zero-order valence-corrected chi connectivity index (χ0v) is 15.5. The molecular formula is C16H16FN7O3S. The highest BCUT2D eigenvalue weighted by atomic mass is 32.1. The number of aryl methyl sites for hydroxylation is 1. The molecule has 4 rings (SSSR count). The number of anilines is 3. The summed E-state index contributed by atoms with van der Waals surface area (Å²) in [6, 6.07) is 4.66. The molecule has 1 saturated heterocycles. The quantitative estimate of drug-likeness (QED) is 0.578. The molecule has 2 N–H and O–H groups in total. The summed E-state index contributed by atoms with van der Waals surface area (Å²) in [7, 11) is 1.64. The summed E-state index contributed by atoms with van der Waals surface area (Å²) in [6.45, 7) is 0.0944. The number of tetrazole rings is 1. The van der Waals surface area contributed by atoms with E-state index in [9.17, 15) is 14.3 Å². The van der Waals surface area contributed by atoms with Crippen LogP contribution in [0.15, 0.2) is 24.4 Å². The van der Waals surface area contributed by atoms with Crippen LogP contribution in [0.4, 0.5) is 21.2 Å². The maximum Gasteiger partial charge on any atom is 0.269 e. The zero-order valence-electron chi connectivity index (χ0n) is 14.7. The van der Waals surface area contributed by atoms with Crippen LogP contribution in [0.2, 0.25) is 0 Å². The molecule has 12 heteroatoms. The smallest absolute Gasteiger partial charge is 0.269 e. The summed E-state index contributed by atoms with van der Waals surface area (Å²) in [4.78, 5) is 19.0. The molecule has 0 spiro atoms. The third-order valence-corrected chi connectivity index (χ3v) is 5.09. The van der Waals surface area contributed by atoms with Crippen molar-refractivity contribution < 1.29 is 19.0 Å². The number of carbonyl (C=O) groups excluding carboxylic acids is 1. The van der Waals surface area contributed by atoms with Gasteiger partial charge in [-0.2, -0.15) is 4.80 Å². The van der Waals surface area contributed by atoms with Gasteiger partial charge in [0.1, 0.15) is 11.9 Å². The summed E-state index contributed by atoms with van der Waals surface area (Å²) in [6.07, 6.45) is 0.850. The van der Waals surface area contributed by atoms with Crippen LogP contribution in [0.3, 0.4) is 0 Å². The van der Waals surface area contributed by atoms with Gasteiger partial charge >= 0.3 is 0 Å². The third-order valence-electron chi connectivity index (χ3n) is 4.14. The minimum atomic E-state index is -0.846. The lowest BCUT2D eigenvalue weighted by atomic mass is 10.1. The minimum absolute atomic E-state index is 0.210. The van der Waals surface area contributed by atoms with Crippen LogP contribution in [0.25, 0.3) is 10.4 Å². The highest BCUT2D eigenvalue weighted by Crippen LogP contribution is 2.34. The van der Waals surface area contributed by atoms with Gasteiger partial charge in [-0.05, 0) is 23.4 Å². The normalized spacial score (nSPS) is 19.2. The Morgan fingerprint density at radius 2 is 2.36 bits per heavy atom. The van der Waals surface area contributed by atoms with E-state index in [-0.39, 0.29) is 6.61 Å². The Morgan fingerprint density at radius 1 is 1.50 bits per heavy atom. The molecule has 2 unspecified atom stereocenters. The van der Waals surface area contributed by atoms with Crippen LogP contribution in [0.5, 0.6) is 0 Å². The van der Waals surface area contributed by atoms with Crippen molar-refractivity contribution in [3.63, 3.8) is 0 Å². The van der Waals surface area contributed by atoms with E-state index in [1.807, 2.05) is 0 Å². The highest BCUT2D eigenvalue weighted by Gasteiger charge is 2.32. The number of rotatable bonds is 6. The lowest BCUT2D eigenvalue weighted by Crippen LogP contribution is -2.31. The van der Waals surface area contributed by atoms with Gasteiger partial charge in [0.15, 0.2) is 17.6 Å². The zero-order chi connectivity index (χ0) is 19.7. The fourth-order valence-electron chi connectivity index (χ4n) is 2.86. The van der Waals surface area contributed by atoms with Gasteiger partial charge in [0.2, 0.25) is 0 Å². The average molecular weight is 405 g/mol. The SMILES string of the molecule is Cn1nnc(Nc2ncc(-c3ccc(N4CC(CO)OC4C=O)cc3F)s2)n1. The van der Waals surface area contributed by atoms with Crippen LogP contribution in [0, 0.1) is 5.82 Å². The van der Waals surface area contributed by atoms with Crippen LogP contribution in [-0.2, 0) is 16.6 Å². The van der Waals surface area contributed by atoms with Crippen molar-refractivity contribution >= 4 is 34.4 Å². The first-order valence-electron chi connectivity index (χ1n) is 8.32. The number of carbonyl (C=O) groups is 1. The molecule has 146 valence electrons. The van der Waals surface area contributed by atoms with Crippen molar-refractivity contribution in [1.29, 1.82) is 0 Å². The molecule has 0 saturated carbocycles. The number of nitrogens with zero attached hydrogens (tertiary/aromatic N) is 6. The van der Waals surface area contributed by atoms with E-state index in [4.69, 9.17) is 4.74 Å². The van der Waals surface area contributed by atoms with Crippen molar-refractivity contribution in [2.75, 3.05) is 23.4 Å². The van der Waals surface area contributed by atoms with E-state index < -0.39 is 18.1 Å². The number of halogens is 1. The van der Waals surface area contributed by atoms with Gasteiger partial charge in [-0.1, -0.05) is 16.4 Å². The van der Waals surface area contributed by atoms with Crippen LogP contribution < -0.4 is 10.2 Å². The van der Waals surface area contributed by atoms with Crippen molar-refractivity contribution in [2.24, 2.45) is 7.05 Å². The van der Waals surface area contributed by atoms with Crippen molar-refractivity contribution in [2.45, 2.75) is 12.3 Å². The second-order valence-corrected chi connectivity index (χ2v) is 7.07. The second kappa shape index (κ2) is 7.58. The number of nitrogens with one attached hydrogen (secondary N) is 1. The molecule has 0 bridgehead atoms. The van der Waals surface area contributed by atoms with E-state index in [1.165, 1.54) is 22.2 Å². The molecule has 2 aromatic heterocycles. The Kier molecular flexibility index (Phi) is 4.98. The summed E-state index contributed by atoms with van der Waals surface area (Å²) in [5, 5.41) is 24.2. The maximum absolute atomic E-state index is 14.8. The predicted octanol–water partition coefficient (Wildman–Crippen LogP) is 0.939. The predicted molar refractivity (Wildman–Crippen MR) is 98.7 cm³/mol. The minimum Gasteiger partial charge on any atom is -0.394 e. The van der Waals surface area contributed by atoms with E-state index in [1.54, 1.807) is 30.3 Å². The number of aldehydes is 1. The number of thiazole rings is 1. The first kappa shape index (κ1) is 18.4. The first-order valence-corrected chi connectivity index (χ1v) is 9.14. The molecule has 1 aliphatic rings. The summed E-state index contributed by atoms with van der Waals surface area (Å²) >= 11 is 1.24. The van der Waals surface area contributed by atoms with Crippen LogP contribution in [0.1, 0.15) is 0 Å². The van der Waals surface area contributed by atoms with Gasteiger partial charge < -0.3 is 14.7 Å². The highest BCUT2D eigenvalue weighted by molar-refractivity contribution is 7.18. The van der Waals surface area contributed by atoms with E-state index >= 15 is 0 Å². The van der Waals surface area contributed by atoms with Gasteiger partial charge in [0, 0.05) is 24.0 Å². The van der Waals surface area contributed by atoms with Crippen LogP contribution in [-0.4, -0.2) is 62.1 Å². The fraction of sp³-hybridized carbons (Fsp3) is 0.312. The summed E-state index contributed by atoms with van der Waals surface area (Å²) < 4.78 is 20.1. The number of aliphatic hydroxyl groups excluding tert-OH is 1. The summed E-state index contributed by atoms with van der Waals surface area (Å²) in [5.41, 5.74) is 0.879. The number of aromatic nitrogens is 5. The van der Waals surface area contributed by atoms with Crippen molar-refractivity contribution in [3.05, 3.63) is 30.2 Å². The molecular weight excluding hydrogens is 389 g/mol. The molecule has 10 nitrogen and oxygen atoms in total. The lowest BCUT2D eigenvalue weighted by Gasteiger charge is -2.21. The molecule has 28 heavy (non-hydrogen) atoms. The van der Waals surface area contributed by atoms with Crippen molar-refractivity contribution in [1.82, 2.24) is 25.2 Å². The molecule has 1 aromatic carbocycles. The number of hydrogen-bond donors (Lipinski definition) is 2. The topological polar surface area (TPSA) is 118 Å². The molecule has 3 heterocycles. The van der Waals surface area contributed by atoms with E-state index in [0.717, 1.165) is 0 Å². The summed E-state index contributed by atoms with van der Waals surface area (Å²) in [5.74, 6) is -0.158. The average Bonchev–Trinajstić information content (AvgIpc) is 3.41. The Labute approximate surface area is 162 Å². The standard InChI is InChI=1S/C16H16FN7O3S/c1-23-21-15(20-22-23)19-16-18-5-13(28-16)11-3-2-9(4-12(11)17)24-6-10(7-25)27-14(24)8-26/h2-5,8,10,14,25H,6-7H2,1H3,(H,18,19,21). The van der Waals surface area contributed by atoms with Crippen molar-refractivity contribution in [3.8, 4) is 10.4 Å². The fourth-order valence-corrected chi connectivity index (χ4v) is 3.70. The number of hydrogen-bond acceptors (Lipinski definition) is 10. The first-order chi connectivity index (χ1) is 13.6.